The first-order valence-electron chi connectivity index (χ1n) is 5.54. The lowest BCUT2D eigenvalue weighted by molar-refractivity contribution is -0.145. The highest BCUT2D eigenvalue weighted by atomic mass is 32.1. The third kappa shape index (κ3) is 6.79. The summed E-state index contributed by atoms with van der Waals surface area (Å²) in [6.45, 7) is 6.22. The van der Waals surface area contributed by atoms with Crippen LogP contribution in [0.3, 0.4) is 0 Å². The van der Waals surface area contributed by atoms with Gasteiger partial charge >= 0.3 is 5.97 Å². The fourth-order valence-electron chi connectivity index (χ4n) is 1.08. The summed E-state index contributed by atoms with van der Waals surface area (Å²) in [6, 6.07) is -0.660. The molecule has 4 heteroatoms. The summed E-state index contributed by atoms with van der Waals surface area (Å²) in [5.74, 6) is -0.355. The van der Waals surface area contributed by atoms with E-state index < -0.39 is 10.8 Å². The fraction of sp³-hybridized carbons (Fsp3) is 0.909. The Bertz CT molecular complexity index is 190. The number of hydrogen-bond acceptors (Lipinski definition) is 4. The van der Waals surface area contributed by atoms with Crippen LogP contribution in [-0.2, 0) is 9.53 Å². The summed E-state index contributed by atoms with van der Waals surface area (Å²) >= 11 is 4.24. The number of nitrogens with two attached hydrogens (primary N) is 1. The highest BCUT2D eigenvalue weighted by Gasteiger charge is 2.29. The Morgan fingerprint density at radius 1 is 1.40 bits per heavy atom. The molecule has 2 N–H and O–H groups in total. The van der Waals surface area contributed by atoms with Gasteiger partial charge in [0.1, 0.15) is 6.04 Å². The Kier molecular flexibility index (Phi) is 7.02. The van der Waals surface area contributed by atoms with Crippen molar-refractivity contribution in [1.82, 2.24) is 0 Å². The summed E-state index contributed by atoms with van der Waals surface area (Å²) in [6.07, 6.45) is 4.38. The van der Waals surface area contributed by atoms with E-state index in [1.165, 1.54) is 12.8 Å². The summed E-state index contributed by atoms with van der Waals surface area (Å²) in [5, 5.41) is 0. The lowest BCUT2D eigenvalue weighted by atomic mass is 10.0. The minimum atomic E-state index is -0.660. The van der Waals surface area contributed by atoms with E-state index in [0.29, 0.717) is 6.61 Å². The molecule has 15 heavy (non-hydrogen) atoms. The van der Waals surface area contributed by atoms with Crippen molar-refractivity contribution in [1.29, 1.82) is 0 Å². The zero-order chi connectivity index (χ0) is 11.9. The molecule has 3 nitrogen and oxygen atoms in total. The van der Waals surface area contributed by atoms with Crippen molar-refractivity contribution in [3.8, 4) is 0 Å². The molecule has 0 aromatic heterocycles. The lowest BCUT2D eigenvalue weighted by Crippen LogP contribution is -2.46. The molecule has 0 aliphatic rings. The topological polar surface area (TPSA) is 52.3 Å². The first kappa shape index (κ1) is 14.8. The molecule has 0 spiro atoms. The summed E-state index contributed by atoms with van der Waals surface area (Å²) in [5.41, 5.74) is 5.68. The zero-order valence-electron chi connectivity index (χ0n) is 9.95. The number of esters is 1. The van der Waals surface area contributed by atoms with Crippen molar-refractivity contribution < 1.29 is 9.53 Å². The number of hydrogen-bond donors (Lipinski definition) is 2. The maximum absolute atomic E-state index is 11.4. The molecule has 0 bridgehead atoms. The molecule has 0 heterocycles. The Hall–Kier alpha value is -0.220. The van der Waals surface area contributed by atoms with Crippen molar-refractivity contribution in [3.63, 3.8) is 0 Å². The average Bonchev–Trinajstić information content (AvgIpc) is 2.14. The smallest absolute Gasteiger partial charge is 0.324 e. The van der Waals surface area contributed by atoms with Crippen LogP contribution in [0.25, 0.3) is 0 Å². The number of carbonyl (C=O) groups is 1. The fourth-order valence-corrected chi connectivity index (χ4v) is 1.19. The number of ether oxygens (including phenoxy) is 1. The van der Waals surface area contributed by atoms with Crippen LogP contribution in [0, 0.1) is 0 Å². The van der Waals surface area contributed by atoms with Crippen LogP contribution in [0.15, 0.2) is 0 Å². The highest BCUT2D eigenvalue weighted by Crippen LogP contribution is 2.16. The zero-order valence-corrected chi connectivity index (χ0v) is 10.8. The lowest BCUT2D eigenvalue weighted by Gasteiger charge is -2.23. The molecule has 0 radical (unpaired) electrons. The molecule has 0 saturated heterocycles. The predicted molar refractivity (Wildman–Crippen MR) is 66.1 cm³/mol. The quantitative estimate of drug-likeness (QED) is 0.402. The van der Waals surface area contributed by atoms with Crippen LogP contribution >= 0.6 is 12.6 Å². The van der Waals surface area contributed by atoms with Crippen molar-refractivity contribution in [3.05, 3.63) is 0 Å². The first-order chi connectivity index (χ1) is 6.89. The van der Waals surface area contributed by atoms with E-state index in [0.717, 1.165) is 12.8 Å². The van der Waals surface area contributed by atoms with E-state index in [-0.39, 0.29) is 5.97 Å². The standard InChI is InChI=1S/C11H23NO2S/c1-4-5-6-7-8-14-10(13)9(12)11(2,3)15/h9,15H,4-8,12H2,1-3H3/t9-/m1/s1. The first-order valence-corrected chi connectivity index (χ1v) is 5.99. The van der Waals surface area contributed by atoms with Gasteiger partial charge in [0, 0.05) is 4.75 Å². The van der Waals surface area contributed by atoms with E-state index in [4.69, 9.17) is 10.5 Å². The van der Waals surface area contributed by atoms with Crippen molar-refractivity contribution in [2.24, 2.45) is 5.73 Å². The van der Waals surface area contributed by atoms with E-state index in [1.807, 2.05) is 0 Å². The van der Waals surface area contributed by atoms with Gasteiger partial charge in [-0.3, -0.25) is 4.79 Å². The maximum Gasteiger partial charge on any atom is 0.324 e. The molecule has 0 rings (SSSR count). The summed E-state index contributed by atoms with van der Waals surface area (Å²) < 4.78 is 4.54. The van der Waals surface area contributed by atoms with Crippen LogP contribution in [-0.4, -0.2) is 23.4 Å². The summed E-state index contributed by atoms with van der Waals surface area (Å²) in [7, 11) is 0. The SMILES string of the molecule is CCCCCCOC(=O)[C@@H](N)C(C)(C)S. The van der Waals surface area contributed by atoms with Crippen LogP contribution in [0.1, 0.15) is 46.5 Å². The predicted octanol–water partition coefficient (Wildman–Crippen LogP) is 2.15. The molecule has 0 aliphatic heterocycles. The third-order valence-corrected chi connectivity index (χ3v) is 2.54. The Morgan fingerprint density at radius 2 is 2.00 bits per heavy atom. The second-order valence-electron chi connectivity index (χ2n) is 4.36. The molecule has 0 saturated carbocycles. The van der Waals surface area contributed by atoms with Crippen LogP contribution in [0.2, 0.25) is 0 Å². The van der Waals surface area contributed by atoms with Gasteiger partial charge in [0.2, 0.25) is 0 Å². The number of thiol groups is 1. The van der Waals surface area contributed by atoms with Gasteiger partial charge in [0.25, 0.3) is 0 Å². The normalized spacial score (nSPS) is 13.7. The Balaban J connectivity index is 3.66. The molecule has 0 aromatic rings. The molecule has 0 amide bonds. The monoisotopic (exact) mass is 233 g/mol. The molecule has 0 aliphatic carbocycles. The third-order valence-electron chi connectivity index (χ3n) is 2.26. The average molecular weight is 233 g/mol. The van der Waals surface area contributed by atoms with Crippen LogP contribution < -0.4 is 5.73 Å². The number of rotatable bonds is 7. The van der Waals surface area contributed by atoms with Crippen LogP contribution in [0.4, 0.5) is 0 Å². The molecule has 0 unspecified atom stereocenters. The largest absolute Gasteiger partial charge is 0.464 e. The molecule has 0 fully saturated rings. The van der Waals surface area contributed by atoms with Crippen molar-refractivity contribution in [2.45, 2.75) is 57.2 Å². The van der Waals surface area contributed by atoms with Gasteiger partial charge in [-0.1, -0.05) is 26.2 Å². The van der Waals surface area contributed by atoms with E-state index in [9.17, 15) is 4.79 Å². The number of unbranched alkanes of at least 4 members (excludes halogenated alkanes) is 3. The molecular weight excluding hydrogens is 210 g/mol. The van der Waals surface area contributed by atoms with Gasteiger partial charge in [-0.05, 0) is 20.3 Å². The van der Waals surface area contributed by atoms with E-state index >= 15 is 0 Å². The minimum Gasteiger partial charge on any atom is -0.464 e. The molecule has 1 atom stereocenters. The van der Waals surface area contributed by atoms with Gasteiger partial charge < -0.3 is 10.5 Å². The van der Waals surface area contributed by atoms with Crippen LogP contribution in [0.5, 0.6) is 0 Å². The Labute approximate surface area is 98.2 Å². The molecule has 90 valence electrons. The van der Waals surface area contributed by atoms with Gasteiger partial charge in [-0.25, -0.2) is 0 Å². The Morgan fingerprint density at radius 3 is 2.47 bits per heavy atom. The maximum atomic E-state index is 11.4. The number of carbonyl (C=O) groups excluding carboxylic acids is 1. The second-order valence-corrected chi connectivity index (χ2v) is 5.51. The van der Waals surface area contributed by atoms with E-state index in [1.54, 1.807) is 13.8 Å². The minimum absolute atomic E-state index is 0.355. The molecular formula is C11H23NO2S. The van der Waals surface area contributed by atoms with Crippen molar-refractivity contribution in [2.75, 3.05) is 6.61 Å². The van der Waals surface area contributed by atoms with Gasteiger partial charge in [0.15, 0.2) is 0 Å². The van der Waals surface area contributed by atoms with E-state index in [2.05, 4.69) is 19.6 Å². The summed E-state index contributed by atoms with van der Waals surface area (Å²) in [4.78, 5) is 11.4. The highest BCUT2D eigenvalue weighted by molar-refractivity contribution is 7.81. The van der Waals surface area contributed by atoms with Gasteiger partial charge in [-0.2, -0.15) is 12.6 Å². The molecule has 0 aromatic carbocycles. The van der Waals surface area contributed by atoms with Gasteiger partial charge in [-0.15, -0.1) is 0 Å². The van der Waals surface area contributed by atoms with Gasteiger partial charge in [0.05, 0.1) is 6.61 Å². The van der Waals surface area contributed by atoms with Crippen molar-refractivity contribution >= 4 is 18.6 Å². The second kappa shape index (κ2) is 7.12.